The van der Waals surface area contributed by atoms with Gasteiger partial charge >= 0.3 is 0 Å². The van der Waals surface area contributed by atoms with E-state index in [0.717, 1.165) is 29.2 Å². The van der Waals surface area contributed by atoms with E-state index in [1.807, 2.05) is 24.4 Å². The highest BCUT2D eigenvalue weighted by Gasteiger charge is 2.18. The molecule has 0 bridgehead atoms. The van der Waals surface area contributed by atoms with E-state index in [1.54, 1.807) is 34.8 Å². The molecule has 0 atom stereocenters. The molecule has 128 valence electrons. The van der Waals surface area contributed by atoms with Crippen LogP contribution < -0.4 is 10.1 Å². The number of rotatable bonds is 5. The minimum Gasteiger partial charge on any atom is -0.487 e. The molecule has 2 aromatic heterocycles. The lowest BCUT2D eigenvalue weighted by molar-refractivity contribution is 0.102. The number of hydrogen-bond donors (Lipinski definition) is 1. The Balaban J connectivity index is 1.41. The van der Waals surface area contributed by atoms with Gasteiger partial charge in [-0.15, -0.1) is 22.7 Å². The standard InChI is InChI=1S/C18H17N3O2S2/c1-11-19-13(10-24-11)9-23-14-5-2-4-12(8-14)17(22)21-18-20-15-6-3-7-16(15)25-18/h2,4-5,8,10H,3,6-7,9H2,1H3,(H,20,21,22). The lowest BCUT2D eigenvalue weighted by atomic mass is 10.2. The zero-order chi connectivity index (χ0) is 17.2. The summed E-state index contributed by atoms with van der Waals surface area (Å²) in [5.41, 5.74) is 2.59. The second-order valence-electron chi connectivity index (χ2n) is 5.87. The third kappa shape index (κ3) is 3.72. The molecule has 1 amide bonds. The van der Waals surface area contributed by atoms with Gasteiger partial charge in [0.05, 0.1) is 16.4 Å². The van der Waals surface area contributed by atoms with Gasteiger partial charge in [0.15, 0.2) is 5.13 Å². The topological polar surface area (TPSA) is 64.1 Å². The van der Waals surface area contributed by atoms with Crippen molar-refractivity contribution in [1.29, 1.82) is 0 Å². The summed E-state index contributed by atoms with van der Waals surface area (Å²) >= 11 is 3.18. The molecule has 2 heterocycles. The number of anilines is 1. The zero-order valence-electron chi connectivity index (χ0n) is 13.7. The number of carbonyl (C=O) groups excluding carboxylic acids is 1. The first-order chi connectivity index (χ1) is 12.2. The number of aromatic nitrogens is 2. The average molecular weight is 371 g/mol. The van der Waals surface area contributed by atoms with Gasteiger partial charge in [-0.05, 0) is 44.4 Å². The van der Waals surface area contributed by atoms with E-state index in [2.05, 4.69) is 15.3 Å². The Kier molecular flexibility index (Phi) is 4.50. The van der Waals surface area contributed by atoms with E-state index in [0.29, 0.717) is 23.1 Å². The van der Waals surface area contributed by atoms with Crippen LogP contribution in [0.15, 0.2) is 29.6 Å². The van der Waals surface area contributed by atoms with Crippen LogP contribution in [0.2, 0.25) is 0 Å². The molecule has 0 saturated heterocycles. The lowest BCUT2D eigenvalue weighted by Gasteiger charge is -2.07. The Morgan fingerprint density at radius 1 is 1.32 bits per heavy atom. The van der Waals surface area contributed by atoms with Crippen molar-refractivity contribution in [3.05, 3.63) is 56.5 Å². The van der Waals surface area contributed by atoms with E-state index in [4.69, 9.17) is 4.74 Å². The summed E-state index contributed by atoms with van der Waals surface area (Å²) in [4.78, 5) is 22.6. The van der Waals surface area contributed by atoms with Crippen LogP contribution in [0, 0.1) is 6.92 Å². The minimum absolute atomic E-state index is 0.164. The van der Waals surface area contributed by atoms with Crippen molar-refractivity contribution in [2.45, 2.75) is 32.8 Å². The van der Waals surface area contributed by atoms with Gasteiger partial charge in [0.1, 0.15) is 12.4 Å². The highest BCUT2D eigenvalue weighted by molar-refractivity contribution is 7.16. The van der Waals surface area contributed by atoms with E-state index in [-0.39, 0.29) is 5.91 Å². The van der Waals surface area contributed by atoms with Crippen molar-refractivity contribution >= 4 is 33.7 Å². The van der Waals surface area contributed by atoms with Crippen LogP contribution >= 0.6 is 22.7 Å². The number of amides is 1. The largest absolute Gasteiger partial charge is 0.487 e. The fourth-order valence-corrected chi connectivity index (χ4v) is 4.41. The molecule has 0 aliphatic heterocycles. The van der Waals surface area contributed by atoms with Crippen LogP contribution in [0.5, 0.6) is 5.75 Å². The molecular weight excluding hydrogens is 354 g/mol. The number of thiazole rings is 2. The number of nitrogens with zero attached hydrogens (tertiary/aromatic N) is 2. The van der Waals surface area contributed by atoms with Crippen LogP contribution in [0.3, 0.4) is 0 Å². The predicted molar refractivity (Wildman–Crippen MR) is 99.7 cm³/mol. The van der Waals surface area contributed by atoms with Gasteiger partial charge in [-0.2, -0.15) is 0 Å². The number of aryl methyl sites for hydroxylation is 3. The van der Waals surface area contributed by atoms with Crippen molar-refractivity contribution < 1.29 is 9.53 Å². The Bertz CT molecular complexity index is 895. The summed E-state index contributed by atoms with van der Waals surface area (Å²) in [6, 6.07) is 7.18. The molecule has 1 aliphatic rings. The first-order valence-electron chi connectivity index (χ1n) is 8.11. The molecule has 4 rings (SSSR count). The molecule has 0 fully saturated rings. The van der Waals surface area contributed by atoms with Crippen molar-refractivity contribution in [3.63, 3.8) is 0 Å². The summed E-state index contributed by atoms with van der Waals surface area (Å²) in [7, 11) is 0. The van der Waals surface area contributed by atoms with Crippen molar-refractivity contribution in [2.24, 2.45) is 0 Å². The molecule has 0 radical (unpaired) electrons. The number of nitrogens with one attached hydrogen (secondary N) is 1. The average Bonchev–Trinajstić information content (AvgIpc) is 3.29. The number of fused-ring (bicyclic) bond motifs is 1. The Hall–Kier alpha value is -2.25. The minimum atomic E-state index is -0.164. The van der Waals surface area contributed by atoms with Crippen LogP contribution in [0.25, 0.3) is 0 Å². The zero-order valence-corrected chi connectivity index (χ0v) is 15.4. The first kappa shape index (κ1) is 16.2. The summed E-state index contributed by atoms with van der Waals surface area (Å²) < 4.78 is 5.75. The van der Waals surface area contributed by atoms with Gasteiger partial charge in [0, 0.05) is 15.8 Å². The normalized spacial score (nSPS) is 12.8. The second-order valence-corrected chi connectivity index (χ2v) is 8.02. The van der Waals surface area contributed by atoms with Crippen LogP contribution in [-0.4, -0.2) is 15.9 Å². The molecule has 7 heteroatoms. The molecule has 1 aliphatic carbocycles. The molecule has 0 unspecified atom stereocenters. The smallest absolute Gasteiger partial charge is 0.257 e. The lowest BCUT2D eigenvalue weighted by Crippen LogP contribution is -2.12. The van der Waals surface area contributed by atoms with E-state index in [9.17, 15) is 4.79 Å². The molecule has 25 heavy (non-hydrogen) atoms. The fraction of sp³-hybridized carbons (Fsp3) is 0.278. The predicted octanol–water partition coefficient (Wildman–Crippen LogP) is 4.23. The first-order valence-corrected chi connectivity index (χ1v) is 9.81. The van der Waals surface area contributed by atoms with Crippen LogP contribution in [0.1, 0.15) is 38.1 Å². The molecule has 1 N–H and O–H groups in total. The summed E-state index contributed by atoms with van der Waals surface area (Å²) in [6.07, 6.45) is 3.25. The van der Waals surface area contributed by atoms with Gasteiger partial charge in [-0.1, -0.05) is 6.07 Å². The van der Waals surface area contributed by atoms with Crippen LogP contribution in [0.4, 0.5) is 5.13 Å². The quantitative estimate of drug-likeness (QED) is 0.729. The Morgan fingerprint density at radius 2 is 2.24 bits per heavy atom. The summed E-state index contributed by atoms with van der Waals surface area (Å²) in [5, 5.41) is 6.57. The Labute approximate surface area is 153 Å². The summed E-state index contributed by atoms with van der Waals surface area (Å²) in [5.74, 6) is 0.488. The highest BCUT2D eigenvalue weighted by Crippen LogP contribution is 2.30. The highest BCUT2D eigenvalue weighted by atomic mass is 32.1. The van der Waals surface area contributed by atoms with E-state index >= 15 is 0 Å². The third-order valence-electron chi connectivity index (χ3n) is 3.97. The third-order valence-corrected chi connectivity index (χ3v) is 5.86. The maximum atomic E-state index is 12.5. The van der Waals surface area contributed by atoms with Crippen LogP contribution in [-0.2, 0) is 19.4 Å². The monoisotopic (exact) mass is 371 g/mol. The number of hydrogen-bond acceptors (Lipinski definition) is 6. The maximum absolute atomic E-state index is 12.5. The van der Waals surface area contributed by atoms with Crippen molar-refractivity contribution in [1.82, 2.24) is 9.97 Å². The van der Waals surface area contributed by atoms with Gasteiger partial charge < -0.3 is 4.74 Å². The molecule has 1 aromatic carbocycles. The second kappa shape index (κ2) is 6.93. The molecule has 0 saturated carbocycles. The molecule has 3 aromatic rings. The maximum Gasteiger partial charge on any atom is 0.257 e. The number of ether oxygens (including phenoxy) is 1. The van der Waals surface area contributed by atoms with Crippen molar-refractivity contribution in [3.8, 4) is 5.75 Å². The van der Waals surface area contributed by atoms with Gasteiger partial charge in [-0.25, -0.2) is 9.97 Å². The molecule has 5 nitrogen and oxygen atoms in total. The van der Waals surface area contributed by atoms with Gasteiger partial charge in [-0.3, -0.25) is 10.1 Å². The van der Waals surface area contributed by atoms with Gasteiger partial charge in [0.25, 0.3) is 5.91 Å². The van der Waals surface area contributed by atoms with Crippen molar-refractivity contribution in [2.75, 3.05) is 5.32 Å². The Morgan fingerprint density at radius 3 is 3.04 bits per heavy atom. The SMILES string of the molecule is Cc1nc(COc2cccc(C(=O)Nc3nc4c(s3)CCC4)c2)cs1. The summed E-state index contributed by atoms with van der Waals surface area (Å²) in [6.45, 7) is 2.36. The molecule has 0 spiro atoms. The fourth-order valence-electron chi connectivity index (χ4n) is 2.77. The molecular formula is C18H17N3O2S2. The number of benzene rings is 1. The number of carbonyl (C=O) groups is 1. The van der Waals surface area contributed by atoms with E-state index < -0.39 is 0 Å². The van der Waals surface area contributed by atoms with Gasteiger partial charge in [0.2, 0.25) is 0 Å². The van der Waals surface area contributed by atoms with E-state index in [1.165, 1.54) is 11.3 Å².